The molecule has 0 spiro atoms. The summed E-state index contributed by atoms with van der Waals surface area (Å²) in [5, 5.41) is 3.55. The van der Waals surface area contributed by atoms with E-state index >= 15 is 0 Å². The Hall–Kier alpha value is -5.91. The van der Waals surface area contributed by atoms with Crippen LogP contribution in [-0.2, 0) is 40.3 Å². The number of nitrogens with zero attached hydrogens (tertiary/aromatic N) is 4. The molecular weight excluding hydrogens is 927 g/mol. The first-order valence-corrected chi connectivity index (χ1v) is 26.2. The molecule has 2 atom stereocenters. The van der Waals surface area contributed by atoms with E-state index in [1.54, 1.807) is 50.3 Å². The molecule has 14 nitrogen and oxygen atoms in total. The van der Waals surface area contributed by atoms with Gasteiger partial charge in [-0.05, 0) is 91.2 Å². The molecule has 5 aromatic rings. The maximum atomic E-state index is 14.2. The molecule has 0 saturated carbocycles. The van der Waals surface area contributed by atoms with Gasteiger partial charge in [-0.2, -0.15) is 0 Å². The van der Waals surface area contributed by atoms with Crippen molar-refractivity contribution in [3.05, 3.63) is 124 Å². The second-order valence-electron chi connectivity index (χ2n) is 18.2. The third kappa shape index (κ3) is 10.7. The summed E-state index contributed by atoms with van der Waals surface area (Å²) >= 11 is 0. The lowest BCUT2D eigenvalue weighted by molar-refractivity contribution is 0.0264. The number of hydrogen-bond acceptors (Lipinski definition) is 14. The van der Waals surface area contributed by atoms with Crippen molar-refractivity contribution in [2.24, 2.45) is 4.99 Å². The number of anilines is 4. The number of hydrogen-bond donors (Lipinski definition) is 1. The molecule has 4 aliphatic rings. The number of amides is 2. The van der Waals surface area contributed by atoms with Crippen molar-refractivity contribution in [3.63, 3.8) is 0 Å². The van der Waals surface area contributed by atoms with Crippen molar-refractivity contribution in [2.75, 3.05) is 100 Å². The van der Waals surface area contributed by atoms with Crippen LogP contribution in [0.1, 0.15) is 56.8 Å². The minimum Gasteiger partial charge on any atom is -0.493 e. The molecule has 368 valence electrons. The number of ether oxygens (including phenoxy) is 7. The molecule has 0 aliphatic carbocycles. The Kier molecular flexibility index (Phi) is 15.4. The van der Waals surface area contributed by atoms with Gasteiger partial charge in [0.1, 0.15) is 13.2 Å². The number of nitrogens with one attached hydrogen (secondary N) is 1. The average Bonchev–Trinajstić information content (AvgIpc) is 3.86. The van der Waals surface area contributed by atoms with Crippen molar-refractivity contribution < 1.29 is 42.7 Å². The van der Waals surface area contributed by atoms with Crippen molar-refractivity contribution in [2.45, 2.75) is 56.7 Å². The van der Waals surface area contributed by atoms with Crippen LogP contribution < -0.4 is 39.0 Å². The maximum absolute atomic E-state index is 14.2. The quantitative estimate of drug-likeness (QED) is 0.0522. The van der Waals surface area contributed by atoms with Crippen LogP contribution in [0.2, 0.25) is 0 Å². The number of benzene rings is 5. The Morgan fingerprint density at radius 3 is 2.01 bits per heavy atom. The Labute approximate surface area is 418 Å². The van der Waals surface area contributed by atoms with Crippen molar-refractivity contribution in [1.82, 2.24) is 0 Å². The number of carbonyl (C=O) groups is 2. The molecule has 0 unspecified atom stereocenters. The summed E-state index contributed by atoms with van der Waals surface area (Å²) in [4.78, 5) is 39.3. The van der Waals surface area contributed by atoms with E-state index in [-0.39, 0.29) is 41.9 Å². The smallest absolute Gasteiger partial charge is 0.261 e. The third-order valence-corrected chi connectivity index (χ3v) is 15.5. The van der Waals surface area contributed by atoms with Crippen LogP contribution in [0.5, 0.6) is 23.0 Å². The van der Waals surface area contributed by atoms with Gasteiger partial charge in [0.2, 0.25) is 0 Å². The summed E-state index contributed by atoms with van der Waals surface area (Å²) in [6, 6.07) is 29.5. The van der Waals surface area contributed by atoms with Crippen LogP contribution in [0.15, 0.2) is 96.0 Å². The normalized spacial score (nSPS) is 16.5. The van der Waals surface area contributed by atoms with Crippen LogP contribution in [0.4, 0.5) is 28.4 Å². The van der Waals surface area contributed by atoms with Gasteiger partial charge in [-0.1, -0.05) is 58.0 Å². The molecule has 0 saturated heterocycles. The minimum atomic E-state index is -0.182. The first-order chi connectivity index (χ1) is 34.1. The molecule has 0 radical (unpaired) electrons. The highest BCUT2D eigenvalue weighted by atomic mass is 33.1. The van der Waals surface area contributed by atoms with Gasteiger partial charge in [0, 0.05) is 73.3 Å². The number of carbonyl (C=O) groups excluding carboxylic acids is 2. The van der Waals surface area contributed by atoms with Gasteiger partial charge in [-0.3, -0.25) is 19.5 Å². The summed E-state index contributed by atoms with van der Waals surface area (Å²) in [6.45, 7) is 9.29. The van der Waals surface area contributed by atoms with Crippen LogP contribution in [0.3, 0.4) is 0 Å². The van der Waals surface area contributed by atoms with Gasteiger partial charge in [0.05, 0.1) is 81.8 Å². The lowest BCUT2D eigenvalue weighted by atomic mass is 10.1. The van der Waals surface area contributed by atoms with Crippen LogP contribution in [0, 0.1) is 0 Å². The molecule has 0 bridgehead atoms. The molecule has 2 amide bonds. The number of aliphatic imine (C=N–C) groups is 1. The monoisotopic (exact) mass is 987 g/mol. The summed E-state index contributed by atoms with van der Waals surface area (Å²) in [5.41, 5.74) is 9.10. The van der Waals surface area contributed by atoms with Crippen molar-refractivity contribution >= 4 is 68.1 Å². The maximum Gasteiger partial charge on any atom is 0.261 e. The highest BCUT2D eigenvalue weighted by Crippen LogP contribution is 2.43. The molecule has 0 fully saturated rings. The minimum absolute atomic E-state index is 0.00483. The lowest BCUT2D eigenvalue weighted by Crippen LogP contribution is -2.39. The Morgan fingerprint density at radius 2 is 1.33 bits per heavy atom. The Balaban J connectivity index is 1.000. The highest BCUT2D eigenvalue weighted by Gasteiger charge is 2.39. The largest absolute Gasteiger partial charge is 0.493 e. The second-order valence-corrected chi connectivity index (χ2v) is 21.3. The van der Waals surface area contributed by atoms with E-state index in [0.29, 0.717) is 98.0 Å². The Morgan fingerprint density at radius 1 is 0.714 bits per heavy atom. The summed E-state index contributed by atoms with van der Waals surface area (Å²) in [7, 11) is 8.39. The van der Waals surface area contributed by atoms with Crippen molar-refractivity contribution in [1.29, 1.82) is 0 Å². The van der Waals surface area contributed by atoms with E-state index in [0.717, 1.165) is 46.7 Å². The van der Waals surface area contributed by atoms with Crippen LogP contribution >= 0.6 is 21.6 Å². The predicted octanol–water partition coefficient (Wildman–Crippen LogP) is 9.42. The summed E-state index contributed by atoms with van der Waals surface area (Å²) in [5.74, 6) is 1.67. The van der Waals surface area contributed by atoms with Crippen molar-refractivity contribution in [3.8, 4) is 23.0 Å². The number of methoxy groups -OCH3 is 3. The number of para-hydroxylation sites is 2. The zero-order valence-electron chi connectivity index (χ0n) is 40.7. The average molecular weight is 988 g/mol. The van der Waals surface area contributed by atoms with Gasteiger partial charge in [-0.15, -0.1) is 0 Å². The topological polar surface area (TPSA) is 133 Å². The molecule has 4 aliphatic heterocycles. The molecule has 1 N–H and O–H groups in total. The van der Waals surface area contributed by atoms with Crippen LogP contribution in [-0.4, -0.2) is 115 Å². The molecular formula is C54H61N5O9S2. The fraction of sp³-hybridized carbons (Fsp3) is 0.389. The zero-order chi connectivity index (χ0) is 48.8. The molecule has 16 heteroatoms. The first kappa shape index (κ1) is 49.1. The molecule has 9 rings (SSSR count). The molecule has 70 heavy (non-hydrogen) atoms. The fourth-order valence-electron chi connectivity index (χ4n) is 9.67. The SMILES string of the molecule is COCCOCCOCCN(CC(C)(C)SSC)c1cc(COc2cc3c(cc2OC)C(=O)N2c4ccccc4C[C@H]2C=N3)cc(COc2cc3c(cc2OC)C(=O)N2c4ccccc4C[C@H]2CN3)c1. The van der Waals surface area contributed by atoms with E-state index in [2.05, 4.69) is 60.7 Å². The molecule has 4 heterocycles. The molecule has 0 aromatic heterocycles. The van der Waals surface area contributed by atoms with Crippen LogP contribution in [0.25, 0.3) is 0 Å². The fourth-order valence-corrected chi connectivity index (χ4v) is 11.8. The van der Waals surface area contributed by atoms with E-state index in [9.17, 15) is 9.59 Å². The van der Waals surface area contributed by atoms with Gasteiger partial charge in [-0.25, -0.2) is 0 Å². The predicted molar refractivity (Wildman–Crippen MR) is 280 cm³/mol. The van der Waals surface area contributed by atoms with Gasteiger partial charge in [0.15, 0.2) is 23.0 Å². The van der Waals surface area contributed by atoms with E-state index in [1.165, 1.54) is 5.56 Å². The van der Waals surface area contributed by atoms with E-state index in [4.69, 9.17) is 38.2 Å². The lowest BCUT2D eigenvalue weighted by Gasteiger charge is -2.34. The third-order valence-electron chi connectivity index (χ3n) is 12.9. The first-order valence-electron chi connectivity index (χ1n) is 23.6. The number of rotatable bonds is 22. The van der Waals surface area contributed by atoms with E-state index < -0.39 is 0 Å². The Bertz CT molecular complexity index is 2730. The summed E-state index contributed by atoms with van der Waals surface area (Å²) < 4.78 is 41.8. The highest BCUT2D eigenvalue weighted by molar-refractivity contribution is 8.77. The standard InChI is InChI=1S/C54H61N5O9S2/c1-54(2,70-69-6)34-57(15-16-65-19-20-66-18-17-62-3)39-22-35(32-67-50-28-44-42(26-48(50)63-4)52(60)58-40(30-55-44)24-37-11-7-9-13-46(37)58)21-36(23-39)33-68-51-29-45-43(27-49(51)64-5)53(61)59-41(31-56-45)25-38-12-8-10-14-47(38)59/h7-14,21-23,26-30,40-41,56H,15-20,24-25,31-34H2,1-6H3/t40-,41-/m0/s1. The van der Waals surface area contributed by atoms with Gasteiger partial charge in [0.25, 0.3) is 11.8 Å². The molecule has 5 aromatic carbocycles. The van der Waals surface area contributed by atoms with Gasteiger partial charge < -0.3 is 48.3 Å². The number of fused-ring (bicyclic) bond motifs is 8. The van der Waals surface area contributed by atoms with E-state index in [1.807, 2.05) is 69.3 Å². The second kappa shape index (κ2) is 22.0. The zero-order valence-corrected chi connectivity index (χ0v) is 42.3. The van der Waals surface area contributed by atoms with Gasteiger partial charge >= 0.3 is 0 Å². The summed E-state index contributed by atoms with van der Waals surface area (Å²) in [6.07, 6.45) is 5.44.